The van der Waals surface area contributed by atoms with Gasteiger partial charge in [-0.1, -0.05) is 39.8 Å². The minimum Gasteiger partial charge on any atom is -0.507 e. The number of aliphatic hydroxyl groups is 1. The third-order valence-corrected chi connectivity index (χ3v) is 5.80. The highest BCUT2D eigenvalue weighted by atomic mass is 16.5. The second-order valence-corrected chi connectivity index (χ2v) is 9.16. The van der Waals surface area contributed by atoms with Crippen molar-refractivity contribution in [2.45, 2.75) is 52.5 Å². The molecule has 0 aromatic heterocycles. The smallest absolute Gasteiger partial charge is 0.295 e. The molecule has 6 nitrogen and oxygen atoms in total. The Morgan fingerprint density at radius 2 is 1.73 bits per heavy atom. The van der Waals surface area contributed by atoms with Gasteiger partial charge in [0.25, 0.3) is 11.7 Å². The van der Waals surface area contributed by atoms with Crippen LogP contribution in [-0.2, 0) is 15.0 Å². The first-order valence-corrected chi connectivity index (χ1v) is 11.3. The monoisotopic (exact) mass is 451 g/mol. The molecule has 1 aliphatic rings. The first kappa shape index (κ1) is 24.4. The van der Waals surface area contributed by atoms with Crippen molar-refractivity contribution in [1.29, 1.82) is 0 Å². The van der Waals surface area contributed by atoms with Crippen molar-refractivity contribution in [2.24, 2.45) is 0 Å². The standard InChI is InChI=1S/C27H33NO5/c1-7-15-28-23(17-9-12-19(32-6)13-10-17)22(25(30)26(28)31)24(29)18-11-14-21(33-8-2)20(16-18)27(3,4)5/h9-14,16,23,29H,7-8,15H2,1-6H3/b24-22-. The molecule has 1 heterocycles. The number of methoxy groups -OCH3 is 1. The van der Waals surface area contributed by atoms with Gasteiger partial charge in [0.05, 0.1) is 25.3 Å². The van der Waals surface area contributed by atoms with E-state index < -0.39 is 17.7 Å². The zero-order valence-electron chi connectivity index (χ0n) is 20.3. The van der Waals surface area contributed by atoms with E-state index in [9.17, 15) is 14.7 Å². The summed E-state index contributed by atoms with van der Waals surface area (Å²) in [4.78, 5) is 27.5. The Morgan fingerprint density at radius 3 is 2.27 bits per heavy atom. The van der Waals surface area contributed by atoms with Crippen molar-refractivity contribution in [3.05, 3.63) is 64.7 Å². The Kier molecular flexibility index (Phi) is 7.15. The molecular weight excluding hydrogens is 418 g/mol. The van der Waals surface area contributed by atoms with Gasteiger partial charge in [-0.2, -0.15) is 0 Å². The predicted octanol–water partition coefficient (Wildman–Crippen LogP) is 5.22. The third-order valence-electron chi connectivity index (χ3n) is 5.80. The molecule has 1 unspecified atom stereocenters. The van der Waals surface area contributed by atoms with Crippen LogP contribution in [0.15, 0.2) is 48.0 Å². The topological polar surface area (TPSA) is 76.1 Å². The molecule has 1 aliphatic heterocycles. The van der Waals surface area contributed by atoms with E-state index >= 15 is 0 Å². The van der Waals surface area contributed by atoms with Crippen molar-refractivity contribution >= 4 is 17.4 Å². The lowest BCUT2D eigenvalue weighted by Crippen LogP contribution is -2.30. The predicted molar refractivity (Wildman–Crippen MR) is 129 cm³/mol. The number of ketones is 1. The van der Waals surface area contributed by atoms with Crippen molar-refractivity contribution in [3.8, 4) is 11.5 Å². The Labute approximate surface area is 195 Å². The van der Waals surface area contributed by atoms with E-state index in [2.05, 4.69) is 20.8 Å². The summed E-state index contributed by atoms with van der Waals surface area (Å²) in [6.45, 7) is 11.0. The second kappa shape index (κ2) is 9.69. The number of amides is 1. The summed E-state index contributed by atoms with van der Waals surface area (Å²) in [5.74, 6) is -0.0392. The number of ether oxygens (including phenoxy) is 2. The van der Waals surface area contributed by atoms with Crippen LogP contribution < -0.4 is 9.47 Å². The maximum Gasteiger partial charge on any atom is 0.295 e. The molecule has 176 valence electrons. The summed E-state index contributed by atoms with van der Waals surface area (Å²) in [6.07, 6.45) is 0.691. The molecule has 2 aromatic rings. The fourth-order valence-corrected chi connectivity index (χ4v) is 4.18. The Hall–Kier alpha value is -3.28. The van der Waals surface area contributed by atoms with Gasteiger partial charge in [0.15, 0.2) is 0 Å². The molecule has 33 heavy (non-hydrogen) atoms. The highest BCUT2D eigenvalue weighted by molar-refractivity contribution is 6.46. The van der Waals surface area contributed by atoms with Gasteiger partial charge in [-0.3, -0.25) is 9.59 Å². The minimum atomic E-state index is -0.673. The fourth-order valence-electron chi connectivity index (χ4n) is 4.18. The maximum absolute atomic E-state index is 13.1. The maximum atomic E-state index is 13.1. The molecule has 6 heteroatoms. The van der Waals surface area contributed by atoms with E-state index in [1.807, 2.05) is 38.1 Å². The molecule has 1 atom stereocenters. The van der Waals surface area contributed by atoms with Crippen LogP contribution in [-0.4, -0.2) is 42.0 Å². The number of Topliss-reactive ketones (excluding diaryl/α,β-unsaturated/α-hetero) is 1. The van der Waals surface area contributed by atoms with Gasteiger partial charge in [0.2, 0.25) is 0 Å². The molecular formula is C27H33NO5. The van der Waals surface area contributed by atoms with E-state index in [1.165, 1.54) is 4.90 Å². The number of nitrogens with zero attached hydrogens (tertiary/aromatic N) is 1. The number of hydrogen-bond acceptors (Lipinski definition) is 5. The molecule has 1 fully saturated rings. The van der Waals surface area contributed by atoms with Crippen molar-refractivity contribution < 1.29 is 24.2 Å². The molecule has 0 bridgehead atoms. The number of likely N-dealkylation sites (tertiary alicyclic amines) is 1. The van der Waals surface area contributed by atoms with Gasteiger partial charge in [-0.15, -0.1) is 0 Å². The summed E-state index contributed by atoms with van der Waals surface area (Å²) in [5.41, 5.74) is 1.99. The van der Waals surface area contributed by atoms with Crippen LogP contribution in [0.3, 0.4) is 0 Å². The molecule has 3 rings (SSSR count). The zero-order valence-corrected chi connectivity index (χ0v) is 20.3. The Bertz CT molecular complexity index is 1060. The molecule has 1 saturated heterocycles. The molecule has 0 saturated carbocycles. The van der Waals surface area contributed by atoms with Crippen LogP contribution in [0.25, 0.3) is 5.76 Å². The van der Waals surface area contributed by atoms with Gasteiger partial charge < -0.3 is 19.5 Å². The van der Waals surface area contributed by atoms with Crippen molar-refractivity contribution in [2.75, 3.05) is 20.3 Å². The van der Waals surface area contributed by atoms with Crippen LogP contribution in [0.1, 0.15) is 63.8 Å². The van der Waals surface area contributed by atoms with Crippen LogP contribution in [0.5, 0.6) is 11.5 Å². The number of carbonyl (C=O) groups excluding carboxylic acids is 2. The molecule has 1 amide bonds. The Morgan fingerprint density at radius 1 is 1.06 bits per heavy atom. The van der Waals surface area contributed by atoms with Gasteiger partial charge >= 0.3 is 0 Å². The molecule has 2 aromatic carbocycles. The lowest BCUT2D eigenvalue weighted by molar-refractivity contribution is -0.139. The van der Waals surface area contributed by atoms with Crippen LogP contribution in [0.2, 0.25) is 0 Å². The highest BCUT2D eigenvalue weighted by Gasteiger charge is 2.45. The largest absolute Gasteiger partial charge is 0.507 e. The highest BCUT2D eigenvalue weighted by Crippen LogP contribution is 2.41. The van der Waals surface area contributed by atoms with Gasteiger partial charge in [0, 0.05) is 17.7 Å². The number of aliphatic hydroxyl groups excluding tert-OH is 1. The SMILES string of the molecule is CCCN1C(=O)C(=O)/C(=C(\O)c2ccc(OCC)c(C(C)(C)C)c2)C1c1ccc(OC)cc1. The lowest BCUT2D eigenvalue weighted by Gasteiger charge is -2.26. The molecule has 0 spiro atoms. The van der Waals surface area contributed by atoms with E-state index in [0.29, 0.717) is 30.9 Å². The third kappa shape index (κ3) is 4.75. The van der Waals surface area contributed by atoms with Crippen LogP contribution >= 0.6 is 0 Å². The molecule has 0 aliphatic carbocycles. The number of carbonyl (C=O) groups is 2. The normalized spacial score (nSPS) is 18.0. The summed E-state index contributed by atoms with van der Waals surface area (Å²) in [7, 11) is 1.58. The van der Waals surface area contributed by atoms with E-state index in [0.717, 1.165) is 16.9 Å². The van der Waals surface area contributed by atoms with Crippen LogP contribution in [0.4, 0.5) is 0 Å². The molecule has 0 radical (unpaired) electrons. The fraction of sp³-hybridized carbons (Fsp3) is 0.407. The average molecular weight is 452 g/mol. The number of benzene rings is 2. The first-order valence-electron chi connectivity index (χ1n) is 11.3. The van der Waals surface area contributed by atoms with Crippen molar-refractivity contribution in [3.63, 3.8) is 0 Å². The van der Waals surface area contributed by atoms with Gasteiger partial charge in [0.1, 0.15) is 17.3 Å². The number of rotatable bonds is 7. The van der Waals surface area contributed by atoms with Gasteiger partial charge in [-0.25, -0.2) is 0 Å². The van der Waals surface area contributed by atoms with E-state index in [-0.39, 0.29) is 16.7 Å². The van der Waals surface area contributed by atoms with E-state index in [4.69, 9.17) is 9.47 Å². The summed E-state index contributed by atoms with van der Waals surface area (Å²) in [6, 6.07) is 11.9. The zero-order chi connectivity index (χ0) is 24.3. The van der Waals surface area contributed by atoms with E-state index in [1.54, 1.807) is 25.3 Å². The molecule has 1 N–H and O–H groups in total. The summed E-state index contributed by atoms with van der Waals surface area (Å²) < 4.78 is 11.0. The summed E-state index contributed by atoms with van der Waals surface area (Å²) >= 11 is 0. The first-order chi connectivity index (χ1) is 15.6. The second-order valence-electron chi connectivity index (χ2n) is 9.16. The summed E-state index contributed by atoms with van der Waals surface area (Å²) in [5, 5.41) is 11.4. The quantitative estimate of drug-likeness (QED) is 0.355. The van der Waals surface area contributed by atoms with Crippen molar-refractivity contribution in [1.82, 2.24) is 4.90 Å². The lowest BCUT2D eigenvalue weighted by atomic mass is 9.84. The Balaban J connectivity index is 2.20. The average Bonchev–Trinajstić information content (AvgIpc) is 3.03. The van der Waals surface area contributed by atoms with Crippen LogP contribution in [0, 0.1) is 0 Å². The van der Waals surface area contributed by atoms with Gasteiger partial charge in [-0.05, 0) is 54.7 Å². The number of hydrogen-bond donors (Lipinski definition) is 1. The minimum absolute atomic E-state index is 0.0997.